The molecule has 1 heterocycles. The Balaban J connectivity index is 2.83. The Morgan fingerprint density at radius 1 is 1.67 bits per heavy atom. The lowest BCUT2D eigenvalue weighted by atomic mass is 10.0. The van der Waals surface area contributed by atoms with Gasteiger partial charge >= 0.3 is 0 Å². The summed E-state index contributed by atoms with van der Waals surface area (Å²) < 4.78 is 0. The van der Waals surface area contributed by atoms with Gasteiger partial charge in [-0.1, -0.05) is 6.08 Å². The van der Waals surface area contributed by atoms with Gasteiger partial charge in [0.25, 0.3) is 0 Å². The van der Waals surface area contributed by atoms with E-state index in [0.29, 0.717) is 0 Å². The molecule has 0 spiro atoms. The van der Waals surface area contributed by atoms with E-state index >= 15 is 0 Å². The molecule has 0 aliphatic carbocycles. The number of nitrogens with two attached hydrogens (primary N) is 1. The van der Waals surface area contributed by atoms with E-state index < -0.39 is 0 Å². The zero-order chi connectivity index (χ0) is 6.91. The summed E-state index contributed by atoms with van der Waals surface area (Å²) in [4.78, 5) is 0. The van der Waals surface area contributed by atoms with Crippen LogP contribution in [0, 0.1) is 0 Å². The number of hydrogen-bond acceptors (Lipinski definition) is 2. The Bertz CT molecular complexity index is 166. The number of nitrogens with one attached hydrogen (secondary N) is 1. The second-order valence-corrected chi connectivity index (χ2v) is 2.56. The van der Waals surface area contributed by atoms with Gasteiger partial charge in [0.05, 0.1) is 0 Å². The van der Waals surface area contributed by atoms with Gasteiger partial charge in [-0.05, 0) is 31.7 Å². The second-order valence-electron chi connectivity index (χ2n) is 2.56. The summed E-state index contributed by atoms with van der Waals surface area (Å²) in [5, 5.41) is 3.04. The number of hydrogen-bond donors (Lipinski definition) is 2. The topological polar surface area (TPSA) is 38.0 Å². The van der Waals surface area contributed by atoms with Crippen LogP contribution in [0.25, 0.3) is 0 Å². The minimum atomic E-state index is -0.339. The van der Waals surface area contributed by atoms with Gasteiger partial charge in [0.2, 0.25) is 0 Å². The van der Waals surface area contributed by atoms with Gasteiger partial charge in [-0.2, -0.15) is 0 Å². The predicted molar refractivity (Wildman–Crippen MR) is 38.6 cm³/mol. The van der Waals surface area contributed by atoms with Crippen molar-refractivity contribution in [3.05, 3.63) is 23.9 Å². The standard InChI is InChI=1S/C7H12N2/c1-6-4-3-5-9-7(6,2)8/h3-5,9H,8H2,1-2H3. The highest BCUT2D eigenvalue weighted by molar-refractivity contribution is 5.24. The fourth-order valence-electron chi connectivity index (χ4n) is 0.701. The SMILES string of the molecule is CC1=CC=CNC1(C)N. The minimum absolute atomic E-state index is 0.339. The minimum Gasteiger partial charge on any atom is -0.370 e. The van der Waals surface area contributed by atoms with Crippen molar-refractivity contribution in [2.45, 2.75) is 19.5 Å². The smallest absolute Gasteiger partial charge is 0.105 e. The van der Waals surface area contributed by atoms with Crippen LogP contribution < -0.4 is 11.1 Å². The largest absolute Gasteiger partial charge is 0.370 e. The lowest BCUT2D eigenvalue weighted by Crippen LogP contribution is -2.50. The molecule has 1 atom stereocenters. The van der Waals surface area contributed by atoms with Gasteiger partial charge in [0.15, 0.2) is 0 Å². The Labute approximate surface area is 55.4 Å². The molecule has 0 radical (unpaired) electrons. The maximum absolute atomic E-state index is 5.79. The molecule has 1 rings (SSSR count). The summed E-state index contributed by atoms with van der Waals surface area (Å²) in [5.74, 6) is 0. The molecule has 0 fully saturated rings. The summed E-state index contributed by atoms with van der Waals surface area (Å²) >= 11 is 0. The Kier molecular flexibility index (Phi) is 1.33. The monoisotopic (exact) mass is 124 g/mol. The van der Waals surface area contributed by atoms with E-state index in [2.05, 4.69) is 5.32 Å². The van der Waals surface area contributed by atoms with Crippen LogP contribution in [0.15, 0.2) is 23.9 Å². The molecule has 2 heteroatoms. The number of dihydropyridines is 1. The third kappa shape index (κ3) is 1.13. The van der Waals surface area contributed by atoms with Crippen LogP contribution in [0.2, 0.25) is 0 Å². The van der Waals surface area contributed by atoms with Gasteiger partial charge in [0.1, 0.15) is 5.66 Å². The molecule has 0 aromatic carbocycles. The number of rotatable bonds is 0. The van der Waals surface area contributed by atoms with E-state index in [4.69, 9.17) is 5.73 Å². The highest BCUT2D eigenvalue weighted by Gasteiger charge is 2.18. The molecular formula is C7H12N2. The molecule has 1 aliphatic rings. The van der Waals surface area contributed by atoms with Crippen LogP contribution in [0.4, 0.5) is 0 Å². The molecule has 0 aromatic heterocycles. The molecular weight excluding hydrogens is 112 g/mol. The van der Waals surface area contributed by atoms with Gasteiger partial charge in [-0.15, -0.1) is 0 Å². The zero-order valence-electron chi connectivity index (χ0n) is 5.81. The summed E-state index contributed by atoms with van der Waals surface area (Å²) in [5.41, 5.74) is 6.61. The van der Waals surface area contributed by atoms with Gasteiger partial charge < -0.3 is 11.1 Å². The first-order chi connectivity index (χ1) is 4.13. The molecule has 9 heavy (non-hydrogen) atoms. The van der Waals surface area contributed by atoms with Crippen LogP contribution in [-0.4, -0.2) is 5.66 Å². The Morgan fingerprint density at radius 2 is 2.33 bits per heavy atom. The molecule has 3 N–H and O–H groups in total. The lowest BCUT2D eigenvalue weighted by Gasteiger charge is -2.28. The Morgan fingerprint density at radius 3 is 2.67 bits per heavy atom. The average molecular weight is 124 g/mol. The highest BCUT2D eigenvalue weighted by Crippen LogP contribution is 2.11. The van der Waals surface area contributed by atoms with Crippen LogP contribution in [0.5, 0.6) is 0 Å². The van der Waals surface area contributed by atoms with Gasteiger partial charge in [-0.3, -0.25) is 0 Å². The van der Waals surface area contributed by atoms with E-state index in [1.165, 1.54) is 0 Å². The molecule has 1 unspecified atom stereocenters. The van der Waals surface area contributed by atoms with Crippen molar-refractivity contribution in [1.82, 2.24) is 5.32 Å². The van der Waals surface area contributed by atoms with Crippen molar-refractivity contribution < 1.29 is 0 Å². The average Bonchev–Trinajstić information content (AvgIpc) is 1.77. The molecule has 0 amide bonds. The fraction of sp³-hybridized carbons (Fsp3) is 0.429. The summed E-state index contributed by atoms with van der Waals surface area (Å²) in [7, 11) is 0. The zero-order valence-corrected chi connectivity index (χ0v) is 5.81. The van der Waals surface area contributed by atoms with Crippen molar-refractivity contribution >= 4 is 0 Å². The molecule has 0 saturated heterocycles. The quantitative estimate of drug-likeness (QED) is 0.499. The molecule has 0 bridgehead atoms. The third-order valence-corrected chi connectivity index (χ3v) is 1.64. The predicted octanol–water partition coefficient (Wildman–Crippen LogP) is 0.725. The Hall–Kier alpha value is -0.760. The van der Waals surface area contributed by atoms with Crippen LogP contribution >= 0.6 is 0 Å². The summed E-state index contributed by atoms with van der Waals surface area (Å²) in [6.07, 6.45) is 5.81. The van der Waals surface area contributed by atoms with Crippen molar-refractivity contribution in [3.8, 4) is 0 Å². The third-order valence-electron chi connectivity index (χ3n) is 1.64. The molecule has 50 valence electrons. The first-order valence-corrected chi connectivity index (χ1v) is 3.03. The summed E-state index contributed by atoms with van der Waals surface area (Å²) in [6, 6.07) is 0. The van der Waals surface area contributed by atoms with E-state index in [0.717, 1.165) is 5.57 Å². The first-order valence-electron chi connectivity index (χ1n) is 3.03. The lowest BCUT2D eigenvalue weighted by molar-refractivity contribution is 0.486. The van der Waals surface area contributed by atoms with Crippen molar-refractivity contribution in [3.63, 3.8) is 0 Å². The van der Waals surface area contributed by atoms with Crippen molar-refractivity contribution in [2.75, 3.05) is 0 Å². The molecule has 0 saturated carbocycles. The molecule has 0 aromatic rings. The van der Waals surface area contributed by atoms with E-state index in [1.54, 1.807) is 0 Å². The van der Waals surface area contributed by atoms with E-state index in [-0.39, 0.29) is 5.66 Å². The molecule has 1 aliphatic heterocycles. The molecule has 2 nitrogen and oxygen atoms in total. The van der Waals surface area contributed by atoms with Crippen LogP contribution in [-0.2, 0) is 0 Å². The van der Waals surface area contributed by atoms with E-state index in [1.807, 2.05) is 32.2 Å². The summed E-state index contributed by atoms with van der Waals surface area (Å²) in [6.45, 7) is 3.96. The van der Waals surface area contributed by atoms with Gasteiger partial charge in [0, 0.05) is 0 Å². The van der Waals surface area contributed by atoms with Crippen LogP contribution in [0.3, 0.4) is 0 Å². The van der Waals surface area contributed by atoms with Crippen molar-refractivity contribution in [2.24, 2.45) is 5.73 Å². The van der Waals surface area contributed by atoms with Crippen molar-refractivity contribution in [1.29, 1.82) is 0 Å². The fourth-order valence-corrected chi connectivity index (χ4v) is 0.701. The van der Waals surface area contributed by atoms with Gasteiger partial charge in [-0.25, -0.2) is 0 Å². The maximum Gasteiger partial charge on any atom is 0.105 e. The second kappa shape index (κ2) is 1.88. The normalized spacial score (nSPS) is 33.4. The number of allylic oxidation sites excluding steroid dienone is 2. The maximum atomic E-state index is 5.79. The highest BCUT2D eigenvalue weighted by atomic mass is 15.1. The first kappa shape index (κ1) is 6.36. The van der Waals surface area contributed by atoms with Crippen LogP contribution in [0.1, 0.15) is 13.8 Å². The van der Waals surface area contributed by atoms with E-state index in [9.17, 15) is 0 Å².